The summed E-state index contributed by atoms with van der Waals surface area (Å²) in [5.74, 6) is 2.06. The van der Waals surface area contributed by atoms with Crippen molar-refractivity contribution in [2.45, 2.75) is 49.2 Å². The average Bonchev–Trinajstić information content (AvgIpc) is 3.45. The van der Waals surface area contributed by atoms with Crippen molar-refractivity contribution in [3.05, 3.63) is 35.4 Å². The molecule has 128 valence electrons. The van der Waals surface area contributed by atoms with Gasteiger partial charge in [0.25, 0.3) is 0 Å². The van der Waals surface area contributed by atoms with Gasteiger partial charge in [0.05, 0.1) is 5.41 Å². The van der Waals surface area contributed by atoms with E-state index in [1.165, 1.54) is 30.9 Å². The molecule has 2 bridgehead atoms. The van der Waals surface area contributed by atoms with Gasteiger partial charge in [0.2, 0.25) is 0 Å². The lowest BCUT2D eigenvalue weighted by atomic mass is 9.56. The maximum atomic E-state index is 12.6. The SMILES string of the molecule is O=C1C=CC2(O)C3C(CC4CC4)C34Cc3ccc(O)c5c3C2(C4)[C@H]1O5. The van der Waals surface area contributed by atoms with E-state index in [1.54, 1.807) is 12.1 Å². The molecule has 0 amide bonds. The zero-order valence-corrected chi connectivity index (χ0v) is 13.9. The molecule has 0 radical (unpaired) electrons. The van der Waals surface area contributed by atoms with Crippen LogP contribution in [0.3, 0.4) is 0 Å². The third kappa shape index (κ3) is 1.16. The quantitative estimate of drug-likeness (QED) is 0.869. The van der Waals surface area contributed by atoms with Gasteiger partial charge in [-0.2, -0.15) is 0 Å². The Morgan fingerprint density at radius 2 is 2.12 bits per heavy atom. The number of benzene rings is 1. The van der Waals surface area contributed by atoms with Crippen molar-refractivity contribution in [1.82, 2.24) is 0 Å². The van der Waals surface area contributed by atoms with Crippen molar-refractivity contribution < 1.29 is 19.7 Å². The van der Waals surface area contributed by atoms with Crippen LogP contribution in [0, 0.1) is 23.2 Å². The second-order valence-electron chi connectivity index (χ2n) is 9.33. The Morgan fingerprint density at radius 1 is 1.28 bits per heavy atom. The number of fused-ring (bicyclic) bond motifs is 1. The summed E-state index contributed by atoms with van der Waals surface area (Å²) in [5, 5.41) is 22.3. The first-order valence-electron chi connectivity index (χ1n) is 9.49. The molecule has 1 heterocycles. The van der Waals surface area contributed by atoms with Crippen LogP contribution in [0.15, 0.2) is 24.3 Å². The summed E-state index contributed by atoms with van der Waals surface area (Å²) in [4.78, 5) is 12.6. The van der Waals surface area contributed by atoms with Crippen LogP contribution in [0.25, 0.3) is 0 Å². The van der Waals surface area contributed by atoms with Gasteiger partial charge >= 0.3 is 0 Å². The number of rotatable bonds is 2. The molecule has 1 aromatic carbocycles. The summed E-state index contributed by atoms with van der Waals surface area (Å²) >= 11 is 0. The first kappa shape index (κ1) is 13.4. The predicted molar refractivity (Wildman–Crippen MR) is 88.4 cm³/mol. The summed E-state index contributed by atoms with van der Waals surface area (Å²) in [6.45, 7) is 0. The van der Waals surface area contributed by atoms with Gasteiger partial charge in [-0.15, -0.1) is 0 Å². The van der Waals surface area contributed by atoms with E-state index in [2.05, 4.69) is 0 Å². The van der Waals surface area contributed by atoms with E-state index in [1.807, 2.05) is 6.07 Å². The van der Waals surface area contributed by atoms with Gasteiger partial charge in [0, 0.05) is 11.5 Å². The number of hydrogen-bond donors (Lipinski definition) is 2. The first-order valence-corrected chi connectivity index (χ1v) is 9.49. The highest BCUT2D eigenvalue weighted by atomic mass is 16.5. The Kier molecular flexibility index (Phi) is 1.89. The standard InChI is InChI=1S/C21H20O4/c22-13-4-3-11-8-19-9-20-15(11)16(13)25-18(20)14(23)5-6-21(20,24)17(19)12(19)7-10-1-2-10/h3-6,10,12,17-18,22,24H,1-2,7-9H2/t12?,17?,18-,19?,20?,21?/m0/s1. The van der Waals surface area contributed by atoms with Crippen LogP contribution in [-0.2, 0) is 16.6 Å². The Balaban J connectivity index is 1.51. The Morgan fingerprint density at radius 3 is 2.92 bits per heavy atom. The van der Waals surface area contributed by atoms with E-state index in [4.69, 9.17) is 4.74 Å². The third-order valence-corrected chi connectivity index (χ3v) is 8.36. The molecule has 1 aromatic rings. The van der Waals surface area contributed by atoms with Crippen LogP contribution in [-0.4, -0.2) is 27.7 Å². The molecular weight excluding hydrogens is 316 g/mol. The molecule has 0 saturated heterocycles. The molecule has 0 aromatic heterocycles. The van der Waals surface area contributed by atoms with Crippen molar-refractivity contribution in [3.8, 4) is 11.5 Å². The minimum absolute atomic E-state index is 0.0803. The number of aliphatic hydroxyl groups is 1. The fourth-order valence-electron chi connectivity index (χ4n) is 7.40. The summed E-state index contributed by atoms with van der Waals surface area (Å²) in [6.07, 6.45) is 8.27. The topological polar surface area (TPSA) is 66.8 Å². The number of phenols is 1. The summed E-state index contributed by atoms with van der Waals surface area (Å²) in [6, 6.07) is 3.68. The minimum atomic E-state index is -1.02. The first-order chi connectivity index (χ1) is 12.0. The third-order valence-electron chi connectivity index (χ3n) is 8.36. The molecule has 1 aliphatic heterocycles. The monoisotopic (exact) mass is 336 g/mol. The van der Waals surface area contributed by atoms with E-state index >= 15 is 0 Å². The lowest BCUT2D eigenvalue weighted by Gasteiger charge is -2.47. The van der Waals surface area contributed by atoms with Crippen LogP contribution in [0.2, 0.25) is 0 Å². The largest absolute Gasteiger partial charge is 0.504 e. The van der Waals surface area contributed by atoms with Gasteiger partial charge in [-0.3, -0.25) is 4.79 Å². The molecular formula is C21H20O4. The molecule has 5 aliphatic carbocycles. The predicted octanol–water partition coefficient (Wildman–Crippen LogP) is 2.25. The van der Waals surface area contributed by atoms with Crippen LogP contribution >= 0.6 is 0 Å². The molecule has 5 unspecified atom stereocenters. The summed E-state index contributed by atoms with van der Waals surface area (Å²) in [5.41, 5.74) is 0.490. The second-order valence-corrected chi connectivity index (χ2v) is 9.33. The van der Waals surface area contributed by atoms with Crippen LogP contribution in [0.5, 0.6) is 11.5 Å². The van der Waals surface area contributed by atoms with Crippen LogP contribution in [0.4, 0.5) is 0 Å². The van der Waals surface area contributed by atoms with Crippen LogP contribution < -0.4 is 4.74 Å². The Bertz CT molecular complexity index is 915. The maximum Gasteiger partial charge on any atom is 0.196 e. The molecule has 6 aliphatic rings. The lowest BCUT2D eigenvalue weighted by molar-refractivity contribution is -0.131. The maximum absolute atomic E-state index is 12.6. The van der Waals surface area contributed by atoms with Crippen LogP contribution in [0.1, 0.15) is 36.8 Å². The van der Waals surface area contributed by atoms with E-state index in [9.17, 15) is 15.0 Å². The lowest BCUT2D eigenvalue weighted by Crippen LogP contribution is -2.61. The fourth-order valence-corrected chi connectivity index (χ4v) is 7.40. The molecule has 7 rings (SSSR count). The van der Waals surface area contributed by atoms with Crippen molar-refractivity contribution in [2.24, 2.45) is 23.2 Å². The highest BCUT2D eigenvalue weighted by Crippen LogP contribution is 2.85. The van der Waals surface area contributed by atoms with Gasteiger partial charge in [-0.05, 0) is 60.3 Å². The highest BCUT2D eigenvalue weighted by Gasteiger charge is 2.88. The zero-order valence-electron chi connectivity index (χ0n) is 13.9. The van der Waals surface area contributed by atoms with Crippen molar-refractivity contribution in [1.29, 1.82) is 0 Å². The van der Waals surface area contributed by atoms with Gasteiger partial charge in [0.15, 0.2) is 23.4 Å². The molecule has 4 heteroatoms. The number of carbonyl (C=O) groups is 1. The van der Waals surface area contributed by atoms with Gasteiger partial charge in [-0.25, -0.2) is 0 Å². The minimum Gasteiger partial charge on any atom is -0.504 e. The number of aromatic hydroxyl groups is 1. The van der Waals surface area contributed by atoms with E-state index < -0.39 is 17.1 Å². The Hall–Kier alpha value is -1.81. The molecule has 3 fully saturated rings. The molecule has 4 nitrogen and oxygen atoms in total. The summed E-state index contributed by atoms with van der Waals surface area (Å²) < 4.78 is 6.01. The number of hydrogen-bond acceptors (Lipinski definition) is 4. The molecule has 25 heavy (non-hydrogen) atoms. The van der Waals surface area contributed by atoms with E-state index in [0.717, 1.165) is 24.3 Å². The van der Waals surface area contributed by atoms with Gasteiger partial charge in [0.1, 0.15) is 5.60 Å². The number of ketones is 1. The number of phenolic OH excluding ortho intramolecular Hbond substituents is 1. The Labute approximate surface area is 145 Å². The number of ether oxygens (including phenoxy) is 1. The normalized spacial score (nSPS) is 49.6. The van der Waals surface area contributed by atoms with E-state index in [-0.39, 0.29) is 22.9 Å². The highest BCUT2D eigenvalue weighted by molar-refractivity contribution is 5.99. The van der Waals surface area contributed by atoms with Crippen molar-refractivity contribution in [2.75, 3.05) is 0 Å². The molecule has 6 atom stereocenters. The molecule has 3 saturated carbocycles. The van der Waals surface area contributed by atoms with Crippen molar-refractivity contribution >= 4 is 5.78 Å². The summed E-state index contributed by atoms with van der Waals surface area (Å²) in [7, 11) is 0. The number of carbonyl (C=O) groups excluding carboxylic acids is 1. The zero-order chi connectivity index (χ0) is 16.8. The van der Waals surface area contributed by atoms with Crippen molar-refractivity contribution in [3.63, 3.8) is 0 Å². The molecule has 2 N–H and O–H groups in total. The van der Waals surface area contributed by atoms with Gasteiger partial charge < -0.3 is 14.9 Å². The van der Waals surface area contributed by atoms with E-state index in [0.29, 0.717) is 11.7 Å². The average molecular weight is 336 g/mol. The smallest absolute Gasteiger partial charge is 0.196 e. The second kappa shape index (κ2) is 3.52. The van der Waals surface area contributed by atoms with Gasteiger partial charge in [-0.1, -0.05) is 18.9 Å². The molecule has 2 spiro atoms. The fraction of sp³-hybridized carbons (Fsp3) is 0.571.